The topological polar surface area (TPSA) is 129 Å². The minimum atomic E-state index is -0.873. The molecular formula is C38H40F2N4O5. The van der Waals surface area contributed by atoms with Gasteiger partial charge in [-0.15, -0.1) is 0 Å². The number of fused-ring (bicyclic) bond motifs is 8. The number of H-pyrrole nitrogens is 2. The first-order chi connectivity index (χ1) is 23.4. The Hall–Kier alpha value is -5.03. The van der Waals surface area contributed by atoms with Crippen LogP contribution in [0.3, 0.4) is 0 Å². The SMILES string of the molecule is CC1(C)CNC(=O)CCc2c(c(F)cc3[nH]ccc23)Oc2ccc(F)c(c2)-c2ncc([nH]2)C(C)(c2cccc(CCC(=O)O)c2)CCOC1. The predicted octanol–water partition coefficient (Wildman–Crippen LogP) is 7.45. The highest BCUT2D eigenvalue weighted by Crippen LogP contribution is 2.39. The summed E-state index contributed by atoms with van der Waals surface area (Å²) in [4.78, 5) is 35.2. The number of carbonyl (C=O) groups excluding carboxylic acids is 1. The molecule has 1 unspecified atom stereocenters. The number of nitrogens with zero attached hydrogens (tertiary/aromatic N) is 1. The Balaban J connectivity index is 1.42. The maximum absolute atomic E-state index is 15.6. The number of hydrogen-bond donors (Lipinski definition) is 4. The number of aromatic nitrogens is 3. The summed E-state index contributed by atoms with van der Waals surface area (Å²) in [5.74, 6) is -1.78. The molecule has 0 saturated carbocycles. The monoisotopic (exact) mass is 670 g/mol. The van der Waals surface area contributed by atoms with E-state index in [2.05, 4.69) is 20.3 Å². The van der Waals surface area contributed by atoms with Crippen LogP contribution in [0.15, 0.2) is 67.0 Å². The van der Waals surface area contributed by atoms with Crippen LogP contribution in [0.5, 0.6) is 11.5 Å². The number of hydrogen-bond acceptors (Lipinski definition) is 5. The number of carbonyl (C=O) groups is 2. The van der Waals surface area contributed by atoms with E-state index in [9.17, 15) is 14.7 Å². The van der Waals surface area contributed by atoms with E-state index < -0.39 is 23.0 Å². The van der Waals surface area contributed by atoms with Crippen LogP contribution in [0.4, 0.5) is 8.78 Å². The van der Waals surface area contributed by atoms with Crippen molar-refractivity contribution in [1.29, 1.82) is 0 Å². The number of imidazole rings is 1. The van der Waals surface area contributed by atoms with Crippen LogP contribution in [0.25, 0.3) is 22.3 Å². The average molecular weight is 671 g/mol. The van der Waals surface area contributed by atoms with E-state index in [-0.39, 0.29) is 53.5 Å². The predicted molar refractivity (Wildman–Crippen MR) is 182 cm³/mol. The molecule has 1 atom stereocenters. The van der Waals surface area contributed by atoms with Gasteiger partial charge in [-0.2, -0.15) is 0 Å². The molecule has 1 amide bonds. The van der Waals surface area contributed by atoms with Crippen LogP contribution < -0.4 is 10.1 Å². The first-order valence-electron chi connectivity index (χ1n) is 16.4. The Morgan fingerprint density at radius 2 is 1.88 bits per heavy atom. The van der Waals surface area contributed by atoms with E-state index in [1.165, 1.54) is 24.3 Å². The first-order valence-corrected chi connectivity index (χ1v) is 16.4. The largest absolute Gasteiger partial charge is 0.481 e. The van der Waals surface area contributed by atoms with Crippen molar-refractivity contribution in [2.75, 3.05) is 19.8 Å². The van der Waals surface area contributed by atoms with Gasteiger partial charge < -0.3 is 29.9 Å². The molecule has 0 fully saturated rings. The Kier molecular flexibility index (Phi) is 9.56. The van der Waals surface area contributed by atoms with Gasteiger partial charge in [0.25, 0.3) is 0 Å². The second-order valence-electron chi connectivity index (χ2n) is 13.7. The van der Waals surface area contributed by atoms with Gasteiger partial charge in [-0.1, -0.05) is 38.1 Å². The number of aromatic amines is 2. The van der Waals surface area contributed by atoms with Crippen molar-refractivity contribution in [2.45, 2.75) is 58.3 Å². The Morgan fingerprint density at radius 1 is 1.04 bits per heavy atom. The second kappa shape index (κ2) is 13.8. The highest BCUT2D eigenvalue weighted by Gasteiger charge is 2.32. The fraction of sp³-hybridized carbons (Fsp3) is 0.342. The minimum Gasteiger partial charge on any atom is -0.481 e. The lowest BCUT2D eigenvalue weighted by Crippen LogP contribution is -2.37. The molecule has 5 aromatic rings. The van der Waals surface area contributed by atoms with Gasteiger partial charge in [0.2, 0.25) is 5.91 Å². The molecule has 256 valence electrons. The summed E-state index contributed by atoms with van der Waals surface area (Å²) in [7, 11) is 0. The van der Waals surface area contributed by atoms with E-state index in [4.69, 9.17) is 9.47 Å². The normalized spacial score (nSPS) is 18.7. The van der Waals surface area contributed by atoms with Crippen LogP contribution in [0, 0.1) is 17.0 Å². The third kappa shape index (κ3) is 7.51. The Bertz CT molecular complexity index is 2000. The molecule has 3 aromatic carbocycles. The van der Waals surface area contributed by atoms with Gasteiger partial charge in [0.05, 0.1) is 12.2 Å². The number of carboxylic acids is 1. The van der Waals surface area contributed by atoms with Crippen molar-refractivity contribution < 1.29 is 33.0 Å². The van der Waals surface area contributed by atoms with Crippen molar-refractivity contribution >= 4 is 22.8 Å². The maximum Gasteiger partial charge on any atom is 0.303 e. The summed E-state index contributed by atoms with van der Waals surface area (Å²) in [5, 5.41) is 13.0. The molecule has 49 heavy (non-hydrogen) atoms. The molecule has 0 radical (unpaired) electrons. The zero-order valence-corrected chi connectivity index (χ0v) is 27.8. The van der Waals surface area contributed by atoms with Gasteiger partial charge in [-0.05, 0) is 61.6 Å². The number of aryl methyl sites for hydroxylation is 2. The highest BCUT2D eigenvalue weighted by atomic mass is 19.1. The van der Waals surface area contributed by atoms with E-state index in [1.807, 2.05) is 51.1 Å². The fourth-order valence-corrected chi connectivity index (χ4v) is 6.28. The quantitative estimate of drug-likeness (QED) is 0.157. The third-order valence-electron chi connectivity index (χ3n) is 9.25. The van der Waals surface area contributed by atoms with Gasteiger partial charge in [0.15, 0.2) is 11.6 Å². The Morgan fingerprint density at radius 3 is 2.69 bits per heavy atom. The van der Waals surface area contributed by atoms with E-state index >= 15 is 8.78 Å². The maximum atomic E-state index is 15.6. The number of nitrogens with one attached hydrogen (secondary N) is 3. The van der Waals surface area contributed by atoms with E-state index in [0.29, 0.717) is 49.4 Å². The standard InChI is InChI=1S/C38H40F2N4O5/c1-37(2)21-43-33(45)11-9-27-26-13-15-41-31(26)19-30(40)35(27)49-25-8-10-29(39)28(18-25)36-42-20-32(44-36)38(3,14-16-48-22-37)24-6-4-5-23(17-24)7-12-34(46)47/h4-6,8,10,13,15,17-20,41H,7,9,11-12,14,16,21-22H2,1-3H3,(H,42,44)(H,43,45)(H,46,47). The number of benzene rings is 3. The minimum absolute atomic E-state index is 0.00519. The van der Waals surface area contributed by atoms with E-state index in [1.54, 1.807) is 12.4 Å². The molecule has 2 aromatic heterocycles. The molecule has 4 N–H and O–H groups in total. The molecule has 3 heterocycles. The highest BCUT2D eigenvalue weighted by molar-refractivity contribution is 5.86. The molecular weight excluding hydrogens is 630 g/mol. The van der Waals surface area contributed by atoms with Crippen molar-refractivity contribution in [3.05, 3.63) is 101 Å². The molecule has 6 rings (SSSR count). The number of amides is 1. The third-order valence-corrected chi connectivity index (χ3v) is 9.25. The number of aliphatic carboxylic acids is 1. The van der Waals surface area contributed by atoms with Crippen LogP contribution in [0.1, 0.15) is 62.4 Å². The molecule has 0 aliphatic carbocycles. The first kappa shape index (κ1) is 33.9. The Labute approximate surface area is 283 Å². The second-order valence-corrected chi connectivity index (χ2v) is 13.7. The fourth-order valence-electron chi connectivity index (χ4n) is 6.28. The molecule has 9 nitrogen and oxygen atoms in total. The molecule has 4 bridgehead atoms. The molecule has 1 aliphatic heterocycles. The van der Waals surface area contributed by atoms with Crippen molar-refractivity contribution in [3.63, 3.8) is 0 Å². The summed E-state index contributed by atoms with van der Waals surface area (Å²) in [5.41, 5.74) is 2.68. The van der Waals surface area contributed by atoms with Crippen molar-refractivity contribution in [1.82, 2.24) is 20.3 Å². The zero-order chi connectivity index (χ0) is 34.8. The molecule has 0 spiro atoms. The smallest absolute Gasteiger partial charge is 0.303 e. The summed E-state index contributed by atoms with van der Waals surface area (Å²) >= 11 is 0. The molecule has 0 saturated heterocycles. The summed E-state index contributed by atoms with van der Waals surface area (Å²) < 4.78 is 43.4. The van der Waals surface area contributed by atoms with Gasteiger partial charge in [0.1, 0.15) is 17.4 Å². The van der Waals surface area contributed by atoms with E-state index in [0.717, 1.165) is 16.5 Å². The van der Waals surface area contributed by atoms with Gasteiger partial charge >= 0.3 is 5.97 Å². The van der Waals surface area contributed by atoms with Gasteiger partial charge in [-0.25, -0.2) is 13.8 Å². The van der Waals surface area contributed by atoms with Crippen LogP contribution in [0.2, 0.25) is 0 Å². The lowest BCUT2D eigenvalue weighted by molar-refractivity contribution is -0.137. The number of ether oxygens (including phenoxy) is 2. The van der Waals surface area contributed by atoms with Crippen molar-refractivity contribution in [2.24, 2.45) is 5.41 Å². The molecule has 1 aliphatic rings. The summed E-state index contributed by atoms with van der Waals surface area (Å²) in [6.45, 7) is 7.18. The number of carboxylic acid groups (broad SMARTS) is 1. The average Bonchev–Trinajstić information content (AvgIpc) is 3.76. The van der Waals surface area contributed by atoms with Gasteiger partial charge in [-0.3, -0.25) is 9.59 Å². The number of rotatable bonds is 4. The van der Waals surface area contributed by atoms with Gasteiger partial charge in [0, 0.05) is 77.4 Å². The van der Waals surface area contributed by atoms with Crippen molar-refractivity contribution in [3.8, 4) is 22.9 Å². The molecule has 11 heteroatoms. The van der Waals surface area contributed by atoms with Crippen LogP contribution >= 0.6 is 0 Å². The van der Waals surface area contributed by atoms with Crippen LogP contribution in [-0.2, 0) is 32.6 Å². The van der Waals surface area contributed by atoms with Crippen LogP contribution in [-0.4, -0.2) is 51.7 Å². The lowest BCUT2D eigenvalue weighted by atomic mass is 9.76. The summed E-state index contributed by atoms with van der Waals surface area (Å²) in [6, 6.07) is 15.1. The lowest BCUT2D eigenvalue weighted by Gasteiger charge is -2.31. The summed E-state index contributed by atoms with van der Waals surface area (Å²) in [6.07, 6.45) is 4.60. The number of halogens is 2. The zero-order valence-electron chi connectivity index (χ0n) is 27.8.